The third-order valence-electron chi connectivity index (χ3n) is 2.86. The smallest absolute Gasteiger partial charge is 0.356 e. The summed E-state index contributed by atoms with van der Waals surface area (Å²) in [6.07, 6.45) is 6.23. The zero-order valence-corrected chi connectivity index (χ0v) is 10.6. The molecule has 0 aliphatic rings. The Bertz CT molecular complexity index is 365. The van der Waals surface area contributed by atoms with Crippen molar-refractivity contribution in [3.8, 4) is 0 Å². The summed E-state index contributed by atoms with van der Waals surface area (Å²) in [4.78, 5) is 20.6. The van der Waals surface area contributed by atoms with Gasteiger partial charge in [0.05, 0.1) is 12.4 Å². The molecule has 5 nitrogen and oxygen atoms in total. The Balaban J connectivity index is 2.68. The lowest BCUT2D eigenvalue weighted by atomic mass is 10.1. The zero-order chi connectivity index (χ0) is 12.8. The summed E-state index contributed by atoms with van der Waals surface area (Å²) in [6.45, 7) is 4.29. The van der Waals surface area contributed by atoms with E-state index in [9.17, 15) is 4.79 Å². The number of carboxylic acid groups (broad SMARTS) is 1. The fourth-order valence-electron chi connectivity index (χ4n) is 1.53. The number of unbranched alkanes of at least 4 members (excludes halogenated alkanes) is 1. The van der Waals surface area contributed by atoms with E-state index in [1.165, 1.54) is 25.2 Å². The largest absolute Gasteiger partial charge is 0.476 e. The lowest BCUT2D eigenvalue weighted by Crippen LogP contribution is -2.29. The highest BCUT2D eigenvalue weighted by Gasteiger charge is 2.12. The maximum atomic E-state index is 10.6. The number of carboxylic acids is 1. The van der Waals surface area contributed by atoms with Crippen LogP contribution in [-0.2, 0) is 0 Å². The Morgan fingerprint density at radius 1 is 1.47 bits per heavy atom. The number of hydrogen-bond donors (Lipinski definition) is 1. The van der Waals surface area contributed by atoms with Crippen LogP contribution in [0, 0.1) is 0 Å². The SMILES string of the molecule is CCCCC(C)N(C)c1cnc(C(=O)O)cn1. The maximum absolute atomic E-state index is 10.6. The molecule has 1 rings (SSSR count). The summed E-state index contributed by atoms with van der Waals surface area (Å²) in [5.41, 5.74) is -0.0247. The minimum absolute atomic E-state index is 0.0247. The van der Waals surface area contributed by atoms with Gasteiger partial charge in [0.2, 0.25) is 0 Å². The molecular formula is C12H19N3O2. The normalized spacial score (nSPS) is 12.2. The van der Waals surface area contributed by atoms with Gasteiger partial charge in [0.25, 0.3) is 0 Å². The topological polar surface area (TPSA) is 66.3 Å². The van der Waals surface area contributed by atoms with Crippen molar-refractivity contribution in [1.82, 2.24) is 9.97 Å². The summed E-state index contributed by atoms with van der Waals surface area (Å²) >= 11 is 0. The number of aromatic nitrogens is 2. The fourth-order valence-corrected chi connectivity index (χ4v) is 1.53. The monoisotopic (exact) mass is 237 g/mol. The molecule has 1 aromatic rings. The van der Waals surface area contributed by atoms with E-state index in [-0.39, 0.29) is 5.69 Å². The van der Waals surface area contributed by atoms with E-state index in [1.54, 1.807) is 0 Å². The molecule has 17 heavy (non-hydrogen) atoms. The van der Waals surface area contributed by atoms with E-state index < -0.39 is 5.97 Å². The first-order valence-corrected chi connectivity index (χ1v) is 5.84. The van der Waals surface area contributed by atoms with Crippen LogP contribution in [0.2, 0.25) is 0 Å². The van der Waals surface area contributed by atoms with Crippen LogP contribution in [0.4, 0.5) is 5.82 Å². The van der Waals surface area contributed by atoms with Crippen LogP contribution in [0.1, 0.15) is 43.6 Å². The second-order valence-corrected chi connectivity index (χ2v) is 4.17. The van der Waals surface area contributed by atoms with Gasteiger partial charge in [-0.3, -0.25) is 0 Å². The molecule has 0 aromatic carbocycles. The Hall–Kier alpha value is -1.65. The van der Waals surface area contributed by atoms with Crippen molar-refractivity contribution < 1.29 is 9.90 Å². The Morgan fingerprint density at radius 2 is 2.18 bits per heavy atom. The van der Waals surface area contributed by atoms with Crippen LogP contribution in [0.5, 0.6) is 0 Å². The number of hydrogen-bond acceptors (Lipinski definition) is 4. The zero-order valence-electron chi connectivity index (χ0n) is 10.6. The first kappa shape index (κ1) is 13.4. The van der Waals surface area contributed by atoms with E-state index >= 15 is 0 Å². The number of aromatic carboxylic acids is 1. The van der Waals surface area contributed by atoms with E-state index in [2.05, 4.69) is 23.8 Å². The van der Waals surface area contributed by atoms with Gasteiger partial charge in [-0.15, -0.1) is 0 Å². The number of carbonyl (C=O) groups is 1. The first-order valence-electron chi connectivity index (χ1n) is 5.84. The van der Waals surface area contributed by atoms with Gasteiger partial charge in [0.1, 0.15) is 5.82 Å². The van der Waals surface area contributed by atoms with Gasteiger partial charge < -0.3 is 10.0 Å². The van der Waals surface area contributed by atoms with Crippen molar-refractivity contribution >= 4 is 11.8 Å². The molecule has 1 heterocycles. The first-order chi connectivity index (χ1) is 8.06. The van der Waals surface area contributed by atoms with Gasteiger partial charge in [-0.25, -0.2) is 14.8 Å². The number of rotatable bonds is 6. The van der Waals surface area contributed by atoms with Crippen molar-refractivity contribution in [3.63, 3.8) is 0 Å². The van der Waals surface area contributed by atoms with Crippen LogP contribution in [-0.4, -0.2) is 34.1 Å². The molecule has 1 atom stereocenters. The summed E-state index contributed by atoms with van der Waals surface area (Å²) in [6, 6.07) is 0.375. The molecule has 1 aromatic heterocycles. The second-order valence-electron chi connectivity index (χ2n) is 4.17. The number of anilines is 1. The minimum atomic E-state index is -1.05. The molecular weight excluding hydrogens is 218 g/mol. The standard InChI is InChI=1S/C12H19N3O2/c1-4-5-6-9(2)15(3)11-8-13-10(7-14-11)12(16)17/h7-9H,4-6H2,1-3H3,(H,16,17). The quantitative estimate of drug-likeness (QED) is 0.821. The van der Waals surface area contributed by atoms with Gasteiger partial charge in [-0.1, -0.05) is 19.8 Å². The molecule has 0 radical (unpaired) electrons. The van der Waals surface area contributed by atoms with Crippen molar-refractivity contribution in [2.75, 3.05) is 11.9 Å². The third kappa shape index (κ3) is 3.69. The summed E-state index contributed by atoms with van der Waals surface area (Å²) in [5, 5.41) is 8.72. The molecule has 1 unspecified atom stereocenters. The Labute approximate surface area is 102 Å². The second kappa shape index (κ2) is 6.18. The lowest BCUT2D eigenvalue weighted by molar-refractivity contribution is 0.0690. The van der Waals surface area contributed by atoms with Crippen molar-refractivity contribution in [3.05, 3.63) is 18.1 Å². The molecule has 0 aliphatic carbocycles. The molecule has 0 fully saturated rings. The van der Waals surface area contributed by atoms with E-state index in [4.69, 9.17) is 5.11 Å². The van der Waals surface area contributed by atoms with Crippen LogP contribution in [0.3, 0.4) is 0 Å². The van der Waals surface area contributed by atoms with Gasteiger partial charge in [0.15, 0.2) is 5.69 Å². The van der Waals surface area contributed by atoms with Gasteiger partial charge in [-0.2, -0.15) is 0 Å². The third-order valence-corrected chi connectivity index (χ3v) is 2.86. The average Bonchev–Trinajstić information content (AvgIpc) is 2.35. The lowest BCUT2D eigenvalue weighted by Gasteiger charge is -2.25. The Kier molecular flexibility index (Phi) is 4.87. The fraction of sp³-hybridized carbons (Fsp3) is 0.583. The van der Waals surface area contributed by atoms with Crippen LogP contribution < -0.4 is 4.90 Å². The Morgan fingerprint density at radius 3 is 2.65 bits per heavy atom. The van der Waals surface area contributed by atoms with Crippen LogP contribution in [0.15, 0.2) is 12.4 Å². The van der Waals surface area contributed by atoms with Crippen molar-refractivity contribution in [2.24, 2.45) is 0 Å². The van der Waals surface area contributed by atoms with Gasteiger partial charge in [0, 0.05) is 13.1 Å². The summed E-state index contributed by atoms with van der Waals surface area (Å²) in [7, 11) is 1.95. The van der Waals surface area contributed by atoms with E-state index in [1.807, 2.05) is 11.9 Å². The molecule has 5 heteroatoms. The van der Waals surface area contributed by atoms with Gasteiger partial charge in [-0.05, 0) is 13.3 Å². The molecule has 0 bridgehead atoms. The minimum Gasteiger partial charge on any atom is -0.476 e. The molecule has 0 saturated carbocycles. The summed E-state index contributed by atoms with van der Waals surface area (Å²) in [5.74, 6) is -0.343. The molecule has 1 N–H and O–H groups in total. The van der Waals surface area contributed by atoms with Crippen molar-refractivity contribution in [2.45, 2.75) is 39.2 Å². The maximum Gasteiger partial charge on any atom is 0.356 e. The summed E-state index contributed by atoms with van der Waals surface area (Å²) < 4.78 is 0. The molecule has 0 aliphatic heterocycles. The van der Waals surface area contributed by atoms with E-state index in [0.717, 1.165) is 6.42 Å². The van der Waals surface area contributed by atoms with Crippen LogP contribution in [0.25, 0.3) is 0 Å². The highest BCUT2D eigenvalue weighted by Crippen LogP contribution is 2.14. The van der Waals surface area contributed by atoms with Gasteiger partial charge >= 0.3 is 5.97 Å². The average molecular weight is 237 g/mol. The predicted octanol–water partition coefficient (Wildman–Crippen LogP) is 2.19. The predicted molar refractivity (Wildman–Crippen MR) is 66.4 cm³/mol. The highest BCUT2D eigenvalue weighted by atomic mass is 16.4. The highest BCUT2D eigenvalue weighted by molar-refractivity contribution is 5.84. The number of nitrogens with zero attached hydrogens (tertiary/aromatic N) is 3. The van der Waals surface area contributed by atoms with Crippen LogP contribution >= 0.6 is 0 Å². The van der Waals surface area contributed by atoms with Crippen molar-refractivity contribution in [1.29, 1.82) is 0 Å². The molecule has 0 spiro atoms. The van der Waals surface area contributed by atoms with E-state index in [0.29, 0.717) is 11.9 Å². The molecule has 0 amide bonds. The molecule has 0 saturated heterocycles. The molecule has 94 valence electrons.